The van der Waals surface area contributed by atoms with Gasteiger partial charge < -0.3 is 9.53 Å². The molecule has 0 radical (unpaired) electrons. The highest BCUT2D eigenvalue weighted by Gasteiger charge is 2.06. The fourth-order valence-corrected chi connectivity index (χ4v) is 2.52. The molecule has 0 N–H and O–H groups in total. The monoisotopic (exact) mass is 336 g/mol. The van der Waals surface area contributed by atoms with Crippen LogP contribution in [0.15, 0.2) is 24.3 Å². The van der Waals surface area contributed by atoms with Crippen LogP contribution >= 0.6 is 0 Å². The van der Waals surface area contributed by atoms with E-state index in [9.17, 15) is 9.59 Å². The van der Waals surface area contributed by atoms with Crippen molar-refractivity contribution >= 4 is 11.8 Å². The lowest BCUT2D eigenvalue weighted by Gasteiger charge is -2.11. The minimum atomic E-state index is -0.215. The number of Topliss-reactive ketones (excluding diaryl/α,β-unsaturated/α-hetero) is 1. The largest absolute Gasteiger partial charge is 0.458 e. The van der Waals surface area contributed by atoms with Crippen molar-refractivity contribution < 1.29 is 14.3 Å². The molecule has 0 fully saturated rings. The second-order valence-electron chi connectivity index (χ2n) is 6.47. The highest BCUT2D eigenvalue weighted by molar-refractivity contribution is 5.75. The van der Waals surface area contributed by atoms with Gasteiger partial charge in [0.25, 0.3) is 0 Å². The van der Waals surface area contributed by atoms with Gasteiger partial charge in [0.15, 0.2) is 0 Å². The molecule has 138 valence electrons. The van der Waals surface area contributed by atoms with Gasteiger partial charge in [-0.3, -0.25) is 4.79 Å². The van der Waals surface area contributed by atoms with Crippen LogP contribution in [-0.2, 0) is 14.3 Å². The molecule has 0 saturated heterocycles. The average molecular weight is 337 g/mol. The first kappa shape index (κ1) is 22.6. The Bertz CT molecular complexity index is 383. The second-order valence-corrected chi connectivity index (χ2v) is 6.47. The van der Waals surface area contributed by atoms with Gasteiger partial charge in [-0.1, -0.05) is 57.3 Å². The Morgan fingerprint density at radius 2 is 1.58 bits per heavy atom. The molecule has 1 atom stereocenters. The summed E-state index contributed by atoms with van der Waals surface area (Å²) < 4.78 is 5.28. The maximum atomic E-state index is 11.1. The number of carbonyl (C=O) groups excluding carboxylic acids is 2. The number of hydrogen-bond donors (Lipinski definition) is 0. The molecule has 0 aromatic rings. The van der Waals surface area contributed by atoms with Gasteiger partial charge in [-0.05, 0) is 45.1 Å². The van der Waals surface area contributed by atoms with Gasteiger partial charge in [-0.2, -0.15) is 0 Å². The predicted octanol–water partition coefficient (Wildman–Crippen LogP) is 5.93. The summed E-state index contributed by atoms with van der Waals surface area (Å²) in [5, 5.41) is 0. The number of unbranched alkanes of at least 4 members (excludes halogenated alkanes) is 7. The Labute approximate surface area is 148 Å². The molecule has 3 nitrogen and oxygen atoms in total. The van der Waals surface area contributed by atoms with Crippen molar-refractivity contribution in [3.05, 3.63) is 24.3 Å². The lowest BCUT2D eigenvalue weighted by atomic mass is 10.1. The van der Waals surface area contributed by atoms with Gasteiger partial charge in [0.1, 0.15) is 11.9 Å². The highest BCUT2D eigenvalue weighted by atomic mass is 16.5. The molecule has 1 unspecified atom stereocenters. The maximum absolute atomic E-state index is 11.1. The van der Waals surface area contributed by atoms with E-state index in [1.54, 1.807) is 6.92 Å². The molecule has 0 aromatic heterocycles. The molecule has 24 heavy (non-hydrogen) atoms. The summed E-state index contributed by atoms with van der Waals surface area (Å²) >= 11 is 0. The predicted molar refractivity (Wildman–Crippen MR) is 101 cm³/mol. The molecular weight excluding hydrogens is 300 g/mol. The lowest BCUT2D eigenvalue weighted by Crippen LogP contribution is -2.13. The Morgan fingerprint density at radius 3 is 2.21 bits per heavy atom. The van der Waals surface area contributed by atoms with Crippen LogP contribution in [0.5, 0.6) is 0 Å². The first-order valence-corrected chi connectivity index (χ1v) is 9.56. The van der Waals surface area contributed by atoms with E-state index in [2.05, 4.69) is 19.1 Å². The van der Waals surface area contributed by atoms with Crippen molar-refractivity contribution in [2.24, 2.45) is 0 Å². The van der Waals surface area contributed by atoms with Crippen molar-refractivity contribution in [1.29, 1.82) is 0 Å². The third-order valence-electron chi connectivity index (χ3n) is 3.88. The fourth-order valence-electron chi connectivity index (χ4n) is 2.52. The smallest absolute Gasteiger partial charge is 0.303 e. The average Bonchev–Trinajstić information content (AvgIpc) is 2.52. The van der Waals surface area contributed by atoms with Crippen molar-refractivity contribution in [2.45, 2.75) is 97.5 Å². The number of carbonyl (C=O) groups is 2. The quantitative estimate of drug-likeness (QED) is 0.211. The molecule has 0 saturated carbocycles. The lowest BCUT2D eigenvalue weighted by molar-refractivity contribution is -0.144. The first-order chi connectivity index (χ1) is 11.6. The SMILES string of the molecule is CCCCC(C=CC=CCCCCCCCCC(C)=O)OC(C)=O. The summed E-state index contributed by atoms with van der Waals surface area (Å²) in [7, 11) is 0. The third kappa shape index (κ3) is 17.0. The zero-order chi connectivity index (χ0) is 18.0. The van der Waals surface area contributed by atoms with Crippen LogP contribution in [0.2, 0.25) is 0 Å². The van der Waals surface area contributed by atoms with Crippen molar-refractivity contribution in [3.63, 3.8) is 0 Å². The molecule has 0 aliphatic carbocycles. The van der Waals surface area contributed by atoms with Gasteiger partial charge in [0.2, 0.25) is 0 Å². The van der Waals surface area contributed by atoms with Crippen LogP contribution < -0.4 is 0 Å². The molecule has 3 heteroatoms. The molecule has 0 bridgehead atoms. The summed E-state index contributed by atoms with van der Waals surface area (Å²) in [5.41, 5.74) is 0. The van der Waals surface area contributed by atoms with E-state index in [1.807, 2.05) is 12.2 Å². The van der Waals surface area contributed by atoms with E-state index in [4.69, 9.17) is 4.74 Å². The van der Waals surface area contributed by atoms with E-state index >= 15 is 0 Å². The zero-order valence-electron chi connectivity index (χ0n) is 15.9. The number of ether oxygens (including phenoxy) is 1. The first-order valence-electron chi connectivity index (χ1n) is 9.56. The van der Waals surface area contributed by atoms with Crippen molar-refractivity contribution in [1.82, 2.24) is 0 Å². The summed E-state index contributed by atoms with van der Waals surface area (Å²) in [6, 6.07) is 0. The standard InChI is InChI=1S/C21H36O3/c1-4-5-17-21(24-20(3)23)18-15-13-11-9-7-6-8-10-12-14-16-19(2)22/h11,13,15,18,21H,4-10,12,14,16-17H2,1-3H3. The van der Waals surface area contributed by atoms with Crippen LogP contribution in [0.3, 0.4) is 0 Å². The van der Waals surface area contributed by atoms with E-state index in [0.717, 1.165) is 38.5 Å². The molecule has 0 amide bonds. The van der Waals surface area contributed by atoms with Crippen LogP contribution in [0.25, 0.3) is 0 Å². The summed E-state index contributed by atoms with van der Waals surface area (Å²) in [6.07, 6.45) is 20.2. The summed E-state index contributed by atoms with van der Waals surface area (Å²) in [4.78, 5) is 21.9. The fraction of sp³-hybridized carbons (Fsp3) is 0.714. The number of hydrogen-bond acceptors (Lipinski definition) is 3. The molecule has 0 heterocycles. The van der Waals surface area contributed by atoms with Gasteiger partial charge in [0, 0.05) is 13.3 Å². The highest BCUT2D eigenvalue weighted by Crippen LogP contribution is 2.10. The van der Waals surface area contributed by atoms with Crippen LogP contribution in [0.1, 0.15) is 91.4 Å². The molecule has 0 spiro atoms. The second kappa shape index (κ2) is 16.5. The van der Waals surface area contributed by atoms with Crippen LogP contribution in [-0.4, -0.2) is 17.9 Å². The van der Waals surface area contributed by atoms with E-state index < -0.39 is 0 Å². The van der Waals surface area contributed by atoms with Gasteiger partial charge in [-0.25, -0.2) is 0 Å². The zero-order valence-corrected chi connectivity index (χ0v) is 15.9. The minimum absolute atomic E-state index is 0.0953. The normalized spacial score (nSPS) is 12.8. The molecule has 0 aliphatic heterocycles. The number of rotatable bonds is 15. The van der Waals surface area contributed by atoms with E-state index in [-0.39, 0.29) is 12.1 Å². The van der Waals surface area contributed by atoms with Crippen molar-refractivity contribution in [3.8, 4) is 0 Å². The van der Waals surface area contributed by atoms with Gasteiger partial charge in [-0.15, -0.1) is 0 Å². The topological polar surface area (TPSA) is 43.4 Å². The van der Waals surface area contributed by atoms with Crippen LogP contribution in [0.4, 0.5) is 0 Å². The molecule has 0 aromatic carbocycles. The van der Waals surface area contributed by atoms with E-state index in [0.29, 0.717) is 5.78 Å². The third-order valence-corrected chi connectivity index (χ3v) is 3.88. The Morgan fingerprint density at radius 1 is 0.917 bits per heavy atom. The molecular formula is C21H36O3. The number of ketones is 1. The molecule has 0 aliphatic rings. The van der Waals surface area contributed by atoms with Gasteiger partial charge >= 0.3 is 5.97 Å². The minimum Gasteiger partial charge on any atom is -0.458 e. The Hall–Kier alpha value is -1.38. The maximum Gasteiger partial charge on any atom is 0.303 e. The Balaban J connectivity index is 3.67. The summed E-state index contributed by atoms with van der Waals surface area (Å²) in [6.45, 7) is 5.26. The number of esters is 1. The van der Waals surface area contributed by atoms with Gasteiger partial charge in [0.05, 0.1) is 0 Å². The van der Waals surface area contributed by atoms with E-state index in [1.165, 1.54) is 39.0 Å². The van der Waals surface area contributed by atoms with Crippen molar-refractivity contribution in [2.75, 3.05) is 0 Å². The number of allylic oxidation sites excluding steroid dienone is 3. The molecule has 0 rings (SSSR count). The Kier molecular flexibility index (Phi) is 15.5. The summed E-state index contributed by atoms with van der Waals surface area (Å²) in [5.74, 6) is 0.0897. The van der Waals surface area contributed by atoms with Crippen LogP contribution in [0, 0.1) is 0 Å².